The van der Waals surface area contributed by atoms with Crippen LogP contribution in [0.25, 0.3) is 5.95 Å². The highest BCUT2D eigenvalue weighted by molar-refractivity contribution is 5.34. The summed E-state index contributed by atoms with van der Waals surface area (Å²) >= 11 is 0. The third kappa shape index (κ3) is 3.85. The lowest BCUT2D eigenvalue weighted by atomic mass is 9.97. The zero-order valence-corrected chi connectivity index (χ0v) is 12.1. The van der Waals surface area contributed by atoms with Gasteiger partial charge in [-0.1, -0.05) is 26.7 Å². The third-order valence-electron chi connectivity index (χ3n) is 3.33. The second-order valence-electron chi connectivity index (χ2n) is 4.68. The van der Waals surface area contributed by atoms with E-state index in [1.54, 1.807) is 0 Å². The molecule has 0 amide bonds. The number of aliphatic hydroxyl groups is 1. The smallest absolute Gasteiger partial charge is 0.258 e. The fourth-order valence-electron chi connectivity index (χ4n) is 2.07. The number of aromatic nitrogens is 6. The molecule has 2 heterocycles. The van der Waals surface area contributed by atoms with E-state index in [-0.39, 0.29) is 17.8 Å². The third-order valence-corrected chi connectivity index (χ3v) is 3.33. The van der Waals surface area contributed by atoms with E-state index in [2.05, 4.69) is 44.2 Å². The molecule has 0 saturated heterocycles. The average Bonchev–Trinajstić information content (AvgIpc) is 3.00. The lowest BCUT2D eigenvalue weighted by Crippen LogP contribution is -2.28. The standard InChI is InChI=1S/C12H20N8O/c1-3-8(4-2)9(21)5-15-11-17-10(13)18-12(19-11)20-7-14-6-16-20/h6-9,21H,3-5H2,1-2H3,(H3,13,15,17,18,19). The summed E-state index contributed by atoms with van der Waals surface area (Å²) in [5.74, 6) is 0.902. The van der Waals surface area contributed by atoms with Crippen LogP contribution in [0.4, 0.5) is 11.9 Å². The van der Waals surface area contributed by atoms with Crippen LogP contribution < -0.4 is 11.1 Å². The van der Waals surface area contributed by atoms with E-state index < -0.39 is 6.10 Å². The van der Waals surface area contributed by atoms with Crippen molar-refractivity contribution in [2.24, 2.45) is 5.92 Å². The van der Waals surface area contributed by atoms with Crippen molar-refractivity contribution in [1.82, 2.24) is 29.7 Å². The maximum Gasteiger partial charge on any atom is 0.258 e. The van der Waals surface area contributed by atoms with Crippen LogP contribution in [-0.2, 0) is 0 Å². The molecular formula is C12H20N8O. The van der Waals surface area contributed by atoms with Crippen LogP contribution in [0.2, 0.25) is 0 Å². The molecule has 0 bridgehead atoms. The van der Waals surface area contributed by atoms with Gasteiger partial charge in [0.15, 0.2) is 0 Å². The lowest BCUT2D eigenvalue weighted by Gasteiger charge is -2.20. The molecule has 2 aromatic heterocycles. The zero-order chi connectivity index (χ0) is 15.2. The molecule has 1 unspecified atom stereocenters. The summed E-state index contributed by atoms with van der Waals surface area (Å²) in [7, 11) is 0. The van der Waals surface area contributed by atoms with Gasteiger partial charge in [-0.2, -0.15) is 24.7 Å². The largest absolute Gasteiger partial charge is 0.391 e. The maximum absolute atomic E-state index is 10.1. The summed E-state index contributed by atoms with van der Waals surface area (Å²) in [5.41, 5.74) is 5.66. The molecule has 9 heteroatoms. The Morgan fingerprint density at radius 1 is 1.29 bits per heavy atom. The Labute approximate surface area is 122 Å². The molecule has 0 fully saturated rings. The molecule has 9 nitrogen and oxygen atoms in total. The molecule has 0 radical (unpaired) electrons. The SMILES string of the molecule is CCC(CC)C(O)CNc1nc(N)nc(-n2cncn2)n1. The number of rotatable bonds is 7. The van der Waals surface area contributed by atoms with E-state index >= 15 is 0 Å². The first-order chi connectivity index (χ1) is 10.1. The summed E-state index contributed by atoms with van der Waals surface area (Å²) in [4.78, 5) is 16.0. The van der Waals surface area contributed by atoms with Gasteiger partial charge in [0.05, 0.1) is 6.10 Å². The van der Waals surface area contributed by atoms with E-state index in [4.69, 9.17) is 5.73 Å². The minimum Gasteiger partial charge on any atom is -0.391 e. The van der Waals surface area contributed by atoms with Crippen LogP contribution in [0, 0.1) is 5.92 Å². The van der Waals surface area contributed by atoms with Gasteiger partial charge in [-0.15, -0.1) is 0 Å². The molecule has 21 heavy (non-hydrogen) atoms. The highest BCUT2D eigenvalue weighted by Gasteiger charge is 2.16. The summed E-state index contributed by atoms with van der Waals surface area (Å²) in [5, 5.41) is 17.0. The van der Waals surface area contributed by atoms with Gasteiger partial charge in [0.1, 0.15) is 12.7 Å². The molecule has 1 atom stereocenters. The number of nitrogens with one attached hydrogen (secondary N) is 1. The molecule has 0 aliphatic rings. The van der Waals surface area contributed by atoms with Crippen molar-refractivity contribution >= 4 is 11.9 Å². The zero-order valence-electron chi connectivity index (χ0n) is 12.1. The van der Waals surface area contributed by atoms with Gasteiger partial charge in [-0.3, -0.25) is 0 Å². The van der Waals surface area contributed by atoms with Gasteiger partial charge >= 0.3 is 0 Å². The molecule has 0 saturated carbocycles. The topological polar surface area (TPSA) is 128 Å². The van der Waals surface area contributed by atoms with Gasteiger partial charge in [0.25, 0.3) is 5.95 Å². The Morgan fingerprint density at radius 3 is 2.67 bits per heavy atom. The van der Waals surface area contributed by atoms with E-state index in [0.29, 0.717) is 12.5 Å². The van der Waals surface area contributed by atoms with Crippen molar-refractivity contribution in [2.45, 2.75) is 32.8 Å². The van der Waals surface area contributed by atoms with Crippen LogP contribution in [0.1, 0.15) is 26.7 Å². The van der Waals surface area contributed by atoms with Gasteiger partial charge in [0, 0.05) is 6.54 Å². The van der Waals surface area contributed by atoms with Crippen molar-refractivity contribution in [3.05, 3.63) is 12.7 Å². The Balaban J connectivity index is 2.07. The number of aliphatic hydroxyl groups excluding tert-OH is 1. The van der Waals surface area contributed by atoms with E-state index in [1.807, 2.05) is 0 Å². The molecule has 0 spiro atoms. The fraction of sp³-hybridized carbons (Fsp3) is 0.583. The number of hydrogen-bond acceptors (Lipinski definition) is 8. The van der Waals surface area contributed by atoms with Crippen molar-refractivity contribution in [1.29, 1.82) is 0 Å². The molecule has 2 aromatic rings. The summed E-state index contributed by atoms with van der Waals surface area (Å²) < 4.78 is 1.39. The second-order valence-corrected chi connectivity index (χ2v) is 4.68. The Kier molecular flexibility index (Phi) is 4.99. The van der Waals surface area contributed by atoms with Gasteiger partial charge in [-0.25, -0.2) is 4.98 Å². The first-order valence-electron chi connectivity index (χ1n) is 6.92. The Morgan fingerprint density at radius 2 is 2.05 bits per heavy atom. The molecule has 2 rings (SSSR count). The minimum absolute atomic E-state index is 0.0787. The van der Waals surface area contributed by atoms with Crippen molar-refractivity contribution in [2.75, 3.05) is 17.6 Å². The maximum atomic E-state index is 10.1. The number of nitrogen functional groups attached to an aromatic ring is 1. The van der Waals surface area contributed by atoms with E-state index in [9.17, 15) is 5.11 Å². The Bertz CT molecular complexity index is 554. The molecule has 0 aromatic carbocycles. The molecule has 114 valence electrons. The predicted molar refractivity (Wildman–Crippen MR) is 77.7 cm³/mol. The number of nitrogens with two attached hydrogens (primary N) is 1. The highest BCUT2D eigenvalue weighted by atomic mass is 16.3. The number of anilines is 2. The number of nitrogens with zero attached hydrogens (tertiary/aromatic N) is 6. The van der Waals surface area contributed by atoms with E-state index in [0.717, 1.165) is 12.8 Å². The van der Waals surface area contributed by atoms with Crippen LogP contribution in [0.15, 0.2) is 12.7 Å². The quantitative estimate of drug-likeness (QED) is 0.662. The van der Waals surface area contributed by atoms with Crippen molar-refractivity contribution in [3.63, 3.8) is 0 Å². The summed E-state index contributed by atoms with van der Waals surface area (Å²) in [6.45, 7) is 4.47. The molecule has 0 aliphatic heterocycles. The first-order valence-corrected chi connectivity index (χ1v) is 6.92. The van der Waals surface area contributed by atoms with Crippen LogP contribution in [0.3, 0.4) is 0 Å². The van der Waals surface area contributed by atoms with Crippen molar-refractivity contribution < 1.29 is 5.11 Å². The monoisotopic (exact) mass is 292 g/mol. The molecule has 0 aliphatic carbocycles. The van der Waals surface area contributed by atoms with Gasteiger partial charge in [-0.05, 0) is 5.92 Å². The molecule has 4 N–H and O–H groups in total. The van der Waals surface area contributed by atoms with Crippen LogP contribution in [0.5, 0.6) is 0 Å². The summed E-state index contributed by atoms with van der Waals surface area (Å²) in [6, 6.07) is 0. The lowest BCUT2D eigenvalue weighted by molar-refractivity contribution is 0.114. The Hall–Kier alpha value is -2.29. The summed E-state index contributed by atoms with van der Waals surface area (Å²) in [6.07, 6.45) is 4.22. The number of hydrogen-bond donors (Lipinski definition) is 3. The second kappa shape index (κ2) is 6.93. The first kappa shape index (κ1) is 15.1. The fourth-order valence-corrected chi connectivity index (χ4v) is 2.07. The van der Waals surface area contributed by atoms with Gasteiger partial charge < -0.3 is 16.2 Å². The van der Waals surface area contributed by atoms with Crippen LogP contribution >= 0.6 is 0 Å². The normalized spacial score (nSPS) is 12.6. The average molecular weight is 292 g/mol. The van der Waals surface area contributed by atoms with E-state index in [1.165, 1.54) is 17.3 Å². The molecular weight excluding hydrogens is 272 g/mol. The predicted octanol–water partition coefficient (Wildman–Crippen LogP) is 0.243. The minimum atomic E-state index is -0.465. The highest BCUT2D eigenvalue weighted by Crippen LogP contribution is 2.14. The van der Waals surface area contributed by atoms with Crippen molar-refractivity contribution in [3.8, 4) is 5.95 Å². The van der Waals surface area contributed by atoms with Gasteiger partial charge in [0.2, 0.25) is 11.9 Å². The van der Waals surface area contributed by atoms with Crippen LogP contribution in [-0.4, -0.2) is 47.5 Å².